The van der Waals surface area contributed by atoms with E-state index in [1.54, 1.807) is 13.8 Å². The van der Waals surface area contributed by atoms with Crippen LogP contribution in [0.1, 0.15) is 31.2 Å². The first-order valence-corrected chi connectivity index (χ1v) is 9.49. The van der Waals surface area contributed by atoms with Crippen LogP contribution in [0, 0.1) is 13.8 Å². The molecular weight excluding hydrogens is 389 g/mol. The molecule has 2 rings (SSSR count). The van der Waals surface area contributed by atoms with Crippen LogP contribution in [0.3, 0.4) is 0 Å². The van der Waals surface area contributed by atoms with Gasteiger partial charge in [0.2, 0.25) is 0 Å². The van der Waals surface area contributed by atoms with E-state index in [1.165, 1.54) is 14.2 Å². The Hall–Kier alpha value is -1.07. The van der Waals surface area contributed by atoms with Gasteiger partial charge in [0.25, 0.3) is 5.60 Å². The van der Waals surface area contributed by atoms with Gasteiger partial charge >= 0.3 is 6.18 Å². The second-order valence-corrected chi connectivity index (χ2v) is 7.92. The SMILES string of the molecule is COCCc1sc(C(O)(c2nc(C)c(CCOC)s2)C(F)(F)F)nc1C. The molecule has 0 spiro atoms. The number of rotatable bonds is 8. The van der Waals surface area contributed by atoms with E-state index in [0.717, 1.165) is 22.7 Å². The molecule has 146 valence electrons. The molecule has 1 N–H and O–H groups in total. The summed E-state index contributed by atoms with van der Waals surface area (Å²) < 4.78 is 51.6. The van der Waals surface area contributed by atoms with Crippen molar-refractivity contribution in [2.75, 3.05) is 27.4 Å². The minimum Gasteiger partial charge on any atom is -0.384 e. The van der Waals surface area contributed by atoms with Gasteiger partial charge in [-0.1, -0.05) is 0 Å². The van der Waals surface area contributed by atoms with E-state index in [1.807, 2.05) is 0 Å². The predicted octanol–water partition coefficient (Wildman–Crippen LogP) is 3.39. The lowest BCUT2D eigenvalue weighted by molar-refractivity contribution is -0.248. The highest BCUT2D eigenvalue weighted by Gasteiger charge is 2.60. The number of hydrogen-bond acceptors (Lipinski definition) is 7. The Morgan fingerprint density at radius 2 is 1.27 bits per heavy atom. The second kappa shape index (κ2) is 8.30. The quantitative estimate of drug-likeness (QED) is 0.723. The van der Waals surface area contributed by atoms with E-state index in [9.17, 15) is 18.3 Å². The van der Waals surface area contributed by atoms with Crippen molar-refractivity contribution >= 4 is 22.7 Å². The van der Waals surface area contributed by atoms with E-state index < -0.39 is 21.8 Å². The van der Waals surface area contributed by atoms with Gasteiger partial charge in [0.05, 0.1) is 24.6 Å². The first-order chi connectivity index (χ1) is 12.1. The molecule has 0 aromatic carbocycles. The van der Waals surface area contributed by atoms with E-state index in [2.05, 4.69) is 9.97 Å². The molecule has 5 nitrogen and oxygen atoms in total. The zero-order valence-electron chi connectivity index (χ0n) is 14.9. The topological polar surface area (TPSA) is 64.5 Å². The number of aromatic nitrogens is 2. The Bertz CT molecular complexity index is 691. The summed E-state index contributed by atoms with van der Waals surface area (Å²) in [6.45, 7) is 3.98. The smallest absolute Gasteiger partial charge is 0.384 e. The lowest BCUT2D eigenvalue weighted by Crippen LogP contribution is -2.43. The number of aryl methyl sites for hydroxylation is 2. The second-order valence-electron chi connectivity index (χ2n) is 5.75. The van der Waals surface area contributed by atoms with Crippen molar-refractivity contribution in [3.05, 3.63) is 31.2 Å². The highest BCUT2D eigenvalue weighted by atomic mass is 32.1. The maximum Gasteiger partial charge on any atom is 0.430 e. The molecule has 2 aromatic heterocycles. The number of methoxy groups -OCH3 is 2. The lowest BCUT2D eigenvalue weighted by atomic mass is 10.1. The predicted molar refractivity (Wildman–Crippen MR) is 93.9 cm³/mol. The molecule has 0 bridgehead atoms. The number of hydrogen-bond donors (Lipinski definition) is 1. The summed E-state index contributed by atoms with van der Waals surface area (Å²) >= 11 is 1.68. The van der Waals surface area contributed by atoms with E-state index in [-0.39, 0.29) is 0 Å². The molecule has 0 saturated carbocycles. The van der Waals surface area contributed by atoms with Gasteiger partial charge in [0.15, 0.2) is 0 Å². The maximum absolute atomic E-state index is 13.9. The van der Waals surface area contributed by atoms with Crippen LogP contribution >= 0.6 is 22.7 Å². The molecule has 26 heavy (non-hydrogen) atoms. The lowest BCUT2D eigenvalue weighted by Gasteiger charge is -2.26. The van der Waals surface area contributed by atoms with Crippen molar-refractivity contribution in [1.29, 1.82) is 0 Å². The van der Waals surface area contributed by atoms with Gasteiger partial charge in [0.1, 0.15) is 10.0 Å². The molecule has 0 unspecified atom stereocenters. The number of thiazole rings is 2. The molecule has 0 fully saturated rings. The van der Waals surface area contributed by atoms with Crippen molar-refractivity contribution in [2.24, 2.45) is 0 Å². The molecule has 0 aliphatic heterocycles. The van der Waals surface area contributed by atoms with Crippen LogP contribution in [-0.4, -0.2) is 48.7 Å². The highest BCUT2D eigenvalue weighted by Crippen LogP contribution is 2.47. The highest BCUT2D eigenvalue weighted by molar-refractivity contribution is 7.13. The van der Waals surface area contributed by atoms with Crippen molar-refractivity contribution in [1.82, 2.24) is 9.97 Å². The van der Waals surface area contributed by atoms with Crippen molar-refractivity contribution in [3.8, 4) is 0 Å². The normalized spacial score (nSPS) is 12.8. The average Bonchev–Trinajstić information content (AvgIpc) is 3.12. The Morgan fingerprint density at radius 3 is 1.58 bits per heavy atom. The Labute approximate surface area is 157 Å². The van der Waals surface area contributed by atoms with Gasteiger partial charge < -0.3 is 14.6 Å². The van der Waals surface area contributed by atoms with E-state index >= 15 is 0 Å². The fraction of sp³-hybridized carbons (Fsp3) is 0.625. The number of alkyl halides is 3. The van der Waals surface area contributed by atoms with Crippen LogP contribution in [-0.2, 0) is 27.9 Å². The molecular formula is C16H21F3N2O3S2. The van der Waals surface area contributed by atoms with E-state index in [0.29, 0.717) is 47.2 Å². The van der Waals surface area contributed by atoms with Gasteiger partial charge in [-0.15, -0.1) is 22.7 Å². The molecule has 0 atom stereocenters. The first-order valence-electron chi connectivity index (χ1n) is 7.85. The summed E-state index contributed by atoms with van der Waals surface area (Å²) in [5, 5.41) is 9.89. The third-order valence-corrected chi connectivity index (χ3v) is 6.53. The average molecular weight is 410 g/mol. The van der Waals surface area contributed by atoms with Gasteiger partial charge in [-0.2, -0.15) is 13.2 Å². The number of nitrogens with zero attached hydrogens (tertiary/aromatic N) is 2. The summed E-state index contributed by atoms with van der Waals surface area (Å²) in [5.41, 5.74) is -2.32. The summed E-state index contributed by atoms with van der Waals surface area (Å²) in [5.74, 6) is 0. The van der Waals surface area contributed by atoms with Crippen LogP contribution in [0.5, 0.6) is 0 Å². The van der Waals surface area contributed by atoms with Crippen LogP contribution in [0.4, 0.5) is 13.2 Å². The number of aliphatic hydroxyl groups is 1. The number of halogens is 3. The van der Waals surface area contributed by atoms with Crippen molar-refractivity contribution in [2.45, 2.75) is 38.5 Å². The van der Waals surface area contributed by atoms with Gasteiger partial charge in [-0.05, 0) is 13.8 Å². The zero-order valence-corrected chi connectivity index (χ0v) is 16.6. The molecule has 0 saturated heterocycles. The fourth-order valence-corrected chi connectivity index (χ4v) is 4.73. The van der Waals surface area contributed by atoms with Crippen LogP contribution < -0.4 is 0 Å². The molecule has 0 aliphatic carbocycles. The Morgan fingerprint density at radius 1 is 0.885 bits per heavy atom. The third kappa shape index (κ3) is 4.09. The summed E-state index contributed by atoms with van der Waals surface area (Å²) in [6.07, 6.45) is -4.08. The van der Waals surface area contributed by atoms with E-state index in [4.69, 9.17) is 9.47 Å². The summed E-state index contributed by atoms with van der Waals surface area (Å²) in [6, 6.07) is 0. The molecule has 2 aromatic rings. The standard InChI is InChI=1S/C16H21F3N2O3S2/c1-9-11(5-7-23-3)25-13(20-9)15(22,16(17,18)19)14-21-10(2)12(26-14)6-8-24-4/h22H,5-8H2,1-4H3. The largest absolute Gasteiger partial charge is 0.430 e. The zero-order chi connectivity index (χ0) is 19.5. The molecule has 0 aliphatic rings. The fourth-order valence-electron chi connectivity index (χ4n) is 2.35. The first kappa shape index (κ1) is 21.2. The number of ether oxygens (including phenoxy) is 2. The van der Waals surface area contributed by atoms with Crippen LogP contribution in [0.25, 0.3) is 0 Å². The van der Waals surface area contributed by atoms with Crippen molar-refractivity contribution in [3.63, 3.8) is 0 Å². The summed E-state index contributed by atoms with van der Waals surface area (Å²) in [4.78, 5) is 9.33. The molecule has 10 heteroatoms. The van der Waals surface area contributed by atoms with Gasteiger partial charge in [0, 0.05) is 36.8 Å². The molecule has 2 heterocycles. The molecule has 0 amide bonds. The van der Waals surface area contributed by atoms with Crippen LogP contribution in [0.15, 0.2) is 0 Å². The Kier molecular flexibility index (Phi) is 6.78. The Balaban J connectivity index is 2.50. The van der Waals surface area contributed by atoms with Gasteiger partial charge in [-0.25, -0.2) is 9.97 Å². The van der Waals surface area contributed by atoms with Crippen molar-refractivity contribution < 1.29 is 27.8 Å². The minimum atomic E-state index is -4.95. The summed E-state index contributed by atoms with van der Waals surface area (Å²) in [7, 11) is 3.03. The van der Waals surface area contributed by atoms with Gasteiger partial charge in [-0.3, -0.25) is 0 Å². The minimum absolute atomic E-state index is 0.366. The monoisotopic (exact) mass is 410 g/mol. The molecule has 0 radical (unpaired) electrons. The van der Waals surface area contributed by atoms with Crippen LogP contribution in [0.2, 0.25) is 0 Å². The maximum atomic E-state index is 13.9. The third-order valence-electron chi connectivity index (χ3n) is 3.88.